The molecule has 1 aliphatic rings. The van der Waals surface area contributed by atoms with Gasteiger partial charge in [-0.3, -0.25) is 15.1 Å². The molecule has 1 aliphatic heterocycles. The predicted octanol–water partition coefficient (Wildman–Crippen LogP) is 7.98. The first-order valence-electron chi connectivity index (χ1n) is 13.4. The number of hydrogen-bond donors (Lipinski definition) is 1. The van der Waals surface area contributed by atoms with Crippen molar-refractivity contribution in [2.75, 3.05) is 11.5 Å². The van der Waals surface area contributed by atoms with Crippen molar-refractivity contribution in [1.29, 1.82) is 0 Å². The van der Waals surface area contributed by atoms with Gasteiger partial charge in [0.25, 0.3) is 5.69 Å². The smallest absolute Gasteiger partial charge is 0.269 e. The van der Waals surface area contributed by atoms with Crippen molar-refractivity contribution >= 4 is 40.5 Å². The number of ether oxygens (including phenoxy) is 1. The molecule has 6 rings (SSSR count). The molecular formula is C32H26N4O4S2. The van der Waals surface area contributed by atoms with Crippen LogP contribution in [0.15, 0.2) is 124 Å². The number of furan rings is 1. The van der Waals surface area contributed by atoms with Crippen LogP contribution in [0.2, 0.25) is 0 Å². The quantitative estimate of drug-likeness (QED) is 0.104. The lowest BCUT2D eigenvalue weighted by molar-refractivity contribution is -0.384. The van der Waals surface area contributed by atoms with Crippen LogP contribution in [0.1, 0.15) is 30.5 Å². The number of non-ortho nitro benzene ring substituents is 1. The molecule has 5 aromatic rings. The van der Waals surface area contributed by atoms with Crippen molar-refractivity contribution < 1.29 is 14.1 Å². The molecule has 3 aromatic carbocycles. The van der Waals surface area contributed by atoms with Crippen LogP contribution < -0.4 is 15.0 Å². The molecule has 0 aliphatic carbocycles. The van der Waals surface area contributed by atoms with E-state index in [9.17, 15) is 10.1 Å². The zero-order valence-electron chi connectivity index (χ0n) is 22.5. The van der Waals surface area contributed by atoms with Crippen molar-refractivity contribution in [2.24, 2.45) is 0 Å². The van der Waals surface area contributed by atoms with Crippen LogP contribution >= 0.6 is 24.0 Å². The van der Waals surface area contributed by atoms with Crippen molar-refractivity contribution in [3.63, 3.8) is 0 Å². The maximum absolute atomic E-state index is 11.0. The third-order valence-electron chi connectivity index (χ3n) is 6.86. The van der Waals surface area contributed by atoms with Crippen LogP contribution in [-0.4, -0.2) is 21.6 Å². The highest BCUT2D eigenvalue weighted by Gasteiger charge is 2.42. The molecule has 1 saturated heterocycles. The molecule has 0 spiro atoms. The van der Waals surface area contributed by atoms with Crippen LogP contribution in [0.3, 0.4) is 0 Å². The zero-order valence-corrected chi connectivity index (χ0v) is 24.2. The Morgan fingerprint density at radius 2 is 1.69 bits per heavy atom. The van der Waals surface area contributed by atoms with Gasteiger partial charge in [0.2, 0.25) is 0 Å². The van der Waals surface area contributed by atoms with Gasteiger partial charge in [-0.1, -0.05) is 17.8 Å². The van der Waals surface area contributed by atoms with E-state index in [2.05, 4.69) is 15.2 Å². The maximum Gasteiger partial charge on any atom is 0.269 e. The van der Waals surface area contributed by atoms with Crippen molar-refractivity contribution in [2.45, 2.75) is 28.8 Å². The Morgan fingerprint density at radius 3 is 2.33 bits per heavy atom. The van der Waals surface area contributed by atoms with Gasteiger partial charge in [-0.2, -0.15) is 0 Å². The van der Waals surface area contributed by atoms with E-state index in [0.29, 0.717) is 11.7 Å². The summed E-state index contributed by atoms with van der Waals surface area (Å²) >= 11 is 7.39. The van der Waals surface area contributed by atoms with E-state index in [-0.39, 0.29) is 17.8 Å². The Balaban J connectivity index is 1.30. The summed E-state index contributed by atoms with van der Waals surface area (Å²) in [5.74, 6) is 2.32. The number of nitro benzene ring substituents is 1. The number of pyridine rings is 1. The van der Waals surface area contributed by atoms with Gasteiger partial charge < -0.3 is 19.4 Å². The summed E-state index contributed by atoms with van der Waals surface area (Å²) in [6.45, 7) is 2.57. The van der Waals surface area contributed by atoms with Crippen LogP contribution in [0, 0.1) is 10.1 Å². The Bertz CT molecular complexity index is 1690. The summed E-state index contributed by atoms with van der Waals surface area (Å²) in [4.78, 5) is 19.2. The second-order valence-electron chi connectivity index (χ2n) is 9.50. The minimum atomic E-state index is -0.398. The van der Waals surface area contributed by atoms with E-state index >= 15 is 0 Å². The first kappa shape index (κ1) is 27.5. The van der Waals surface area contributed by atoms with Crippen LogP contribution in [-0.2, 0) is 0 Å². The normalized spacial score (nSPS) is 16.3. The SMILES string of the molecule is CCOc1ccc(-c2ccc([C@@H]3[C@@H](c4ccccn4)NC(=S)N3c3ccc(Sc4ccc([N+](=O)[O-])cc4)cc3)o2)cc1. The number of anilines is 1. The van der Waals surface area contributed by atoms with Crippen LogP contribution in [0.25, 0.3) is 11.3 Å². The summed E-state index contributed by atoms with van der Waals surface area (Å²) in [5.41, 5.74) is 2.79. The third-order valence-corrected chi connectivity index (χ3v) is 8.19. The standard InChI is InChI=1S/C32H26N4O4S2/c1-2-39-24-12-6-21(7-13-24)28-18-19-29(40-28)31-30(27-5-3-4-20-33-27)34-32(41)35(31)22-8-14-25(15-9-22)42-26-16-10-23(11-17-26)36(37)38/h3-20,30-31H,2H2,1H3,(H,34,41)/t30-,31-/m1/s1. The number of benzene rings is 3. The fraction of sp³-hybridized carbons (Fsp3) is 0.125. The molecule has 42 heavy (non-hydrogen) atoms. The summed E-state index contributed by atoms with van der Waals surface area (Å²) in [6.07, 6.45) is 1.78. The predicted molar refractivity (Wildman–Crippen MR) is 167 cm³/mol. The van der Waals surface area contributed by atoms with E-state index in [4.69, 9.17) is 21.4 Å². The Morgan fingerprint density at radius 1 is 0.976 bits per heavy atom. The van der Waals surface area contributed by atoms with E-state index < -0.39 is 4.92 Å². The van der Waals surface area contributed by atoms with Gasteiger partial charge in [0.1, 0.15) is 23.3 Å². The third kappa shape index (κ3) is 5.72. The number of aromatic nitrogens is 1. The summed E-state index contributed by atoms with van der Waals surface area (Å²) in [5, 5.41) is 15.0. The fourth-order valence-corrected chi connectivity index (χ4v) is 6.08. The monoisotopic (exact) mass is 594 g/mol. The van der Waals surface area contributed by atoms with Gasteiger partial charge in [-0.25, -0.2) is 0 Å². The average molecular weight is 595 g/mol. The molecule has 0 bridgehead atoms. The minimum Gasteiger partial charge on any atom is -0.494 e. The number of nitro groups is 1. The molecule has 10 heteroatoms. The van der Waals surface area contributed by atoms with E-state index in [1.54, 1.807) is 18.3 Å². The second-order valence-corrected chi connectivity index (χ2v) is 11.0. The van der Waals surface area contributed by atoms with Crippen LogP contribution in [0.4, 0.5) is 11.4 Å². The highest BCUT2D eigenvalue weighted by atomic mass is 32.2. The molecule has 2 aromatic heterocycles. The number of nitrogens with one attached hydrogen (secondary N) is 1. The maximum atomic E-state index is 11.0. The van der Waals surface area contributed by atoms with E-state index in [1.807, 2.05) is 85.8 Å². The summed E-state index contributed by atoms with van der Waals surface area (Å²) in [7, 11) is 0. The number of rotatable bonds is 9. The lowest BCUT2D eigenvalue weighted by atomic mass is 10.0. The van der Waals surface area contributed by atoms with E-state index in [0.717, 1.165) is 44.0 Å². The van der Waals surface area contributed by atoms with Crippen LogP contribution in [0.5, 0.6) is 5.75 Å². The molecule has 1 fully saturated rings. The average Bonchev–Trinajstić information content (AvgIpc) is 3.64. The van der Waals surface area contributed by atoms with Gasteiger partial charge in [0.05, 0.1) is 23.3 Å². The van der Waals surface area contributed by atoms with Crippen molar-refractivity contribution in [3.05, 3.63) is 131 Å². The molecule has 0 saturated carbocycles. The molecule has 0 amide bonds. The zero-order chi connectivity index (χ0) is 29.1. The van der Waals surface area contributed by atoms with Gasteiger partial charge in [-0.05, 0) is 104 Å². The number of nitrogens with zero attached hydrogens (tertiary/aromatic N) is 3. The second kappa shape index (κ2) is 12.1. The topological polar surface area (TPSA) is 93.7 Å². The molecule has 0 radical (unpaired) electrons. The van der Waals surface area contributed by atoms with Crippen molar-refractivity contribution in [3.8, 4) is 17.1 Å². The summed E-state index contributed by atoms with van der Waals surface area (Å²) in [6, 6.07) is 31.7. The largest absolute Gasteiger partial charge is 0.494 e. The van der Waals surface area contributed by atoms with Gasteiger partial charge in [0.15, 0.2) is 5.11 Å². The molecule has 2 atom stereocenters. The number of thiocarbonyl (C=S) groups is 1. The molecular weight excluding hydrogens is 569 g/mol. The highest BCUT2D eigenvalue weighted by molar-refractivity contribution is 7.99. The fourth-order valence-electron chi connectivity index (χ4n) is 4.92. The van der Waals surface area contributed by atoms with Gasteiger partial charge >= 0.3 is 0 Å². The Labute approximate surface area is 252 Å². The first-order chi connectivity index (χ1) is 20.5. The van der Waals surface area contributed by atoms with Gasteiger partial charge in [-0.15, -0.1) is 0 Å². The van der Waals surface area contributed by atoms with E-state index in [1.165, 1.54) is 23.9 Å². The highest BCUT2D eigenvalue weighted by Crippen LogP contribution is 2.43. The summed E-state index contributed by atoms with van der Waals surface area (Å²) < 4.78 is 12.1. The molecule has 3 heterocycles. The molecule has 1 N–H and O–H groups in total. The van der Waals surface area contributed by atoms with Gasteiger partial charge in [0, 0.05) is 39.4 Å². The molecule has 0 unspecified atom stereocenters. The first-order valence-corrected chi connectivity index (χ1v) is 14.6. The Kier molecular flexibility index (Phi) is 7.89. The lowest BCUT2D eigenvalue weighted by Gasteiger charge is -2.26. The Hall–Kier alpha value is -4.67. The molecule has 8 nitrogen and oxygen atoms in total. The molecule has 210 valence electrons. The van der Waals surface area contributed by atoms with Crippen molar-refractivity contribution in [1.82, 2.24) is 10.3 Å². The number of hydrogen-bond acceptors (Lipinski definition) is 7. The lowest BCUT2D eigenvalue weighted by Crippen LogP contribution is -2.29. The minimum absolute atomic E-state index is 0.0712.